The zero-order valence-corrected chi connectivity index (χ0v) is 14.2. The van der Waals surface area contributed by atoms with Gasteiger partial charge in [-0.15, -0.1) is 0 Å². The van der Waals surface area contributed by atoms with Crippen molar-refractivity contribution in [2.24, 2.45) is 34.0 Å². The highest BCUT2D eigenvalue weighted by molar-refractivity contribution is 6.24. The van der Waals surface area contributed by atoms with Gasteiger partial charge >= 0.3 is 0 Å². The molecule has 2 aliphatic rings. The Morgan fingerprint density at radius 1 is 1.19 bits per heavy atom. The molecule has 2 heterocycles. The second kappa shape index (κ2) is 6.75. The standard InChI is InChI=1S/C17H22N6O3/c18-15(26)17(7-4-8-21-16(19)20)12-11(9-22-17)13(24)23(14(12)25)10-5-2-1-3-6-10/h1-3,5-6,11-12,22H,4,7-9H2,(H2,18,26)(H4,19,20,21). The van der Waals surface area contributed by atoms with Gasteiger partial charge in [0, 0.05) is 13.1 Å². The molecule has 2 aliphatic heterocycles. The van der Waals surface area contributed by atoms with Gasteiger partial charge in [-0.3, -0.25) is 19.4 Å². The van der Waals surface area contributed by atoms with Crippen molar-refractivity contribution < 1.29 is 14.4 Å². The fraction of sp³-hybridized carbons (Fsp3) is 0.412. The number of hydrogen-bond donors (Lipinski definition) is 4. The van der Waals surface area contributed by atoms with Crippen LogP contribution in [0.3, 0.4) is 0 Å². The van der Waals surface area contributed by atoms with Crippen LogP contribution in [0.4, 0.5) is 5.69 Å². The predicted octanol–water partition coefficient (Wildman–Crippen LogP) is -1.33. The lowest BCUT2D eigenvalue weighted by molar-refractivity contribution is -0.132. The number of benzene rings is 1. The number of fused-ring (bicyclic) bond motifs is 1. The van der Waals surface area contributed by atoms with Gasteiger partial charge in [-0.2, -0.15) is 0 Å². The maximum absolute atomic E-state index is 13.0. The molecule has 0 radical (unpaired) electrons. The Balaban J connectivity index is 1.88. The van der Waals surface area contributed by atoms with E-state index in [1.54, 1.807) is 30.3 Å². The van der Waals surface area contributed by atoms with E-state index in [1.165, 1.54) is 0 Å². The third-order valence-electron chi connectivity index (χ3n) is 5.07. The van der Waals surface area contributed by atoms with Gasteiger partial charge in [0.15, 0.2) is 5.96 Å². The Morgan fingerprint density at radius 3 is 2.50 bits per heavy atom. The number of imide groups is 1. The summed E-state index contributed by atoms with van der Waals surface area (Å²) >= 11 is 0. The quantitative estimate of drug-likeness (QED) is 0.214. The summed E-state index contributed by atoms with van der Waals surface area (Å²) < 4.78 is 0. The van der Waals surface area contributed by atoms with Crippen molar-refractivity contribution in [3.05, 3.63) is 30.3 Å². The lowest BCUT2D eigenvalue weighted by atomic mass is 9.77. The molecule has 2 fully saturated rings. The number of primary amides is 1. The third kappa shape index (κ3) is 2.80. The molecule has 138 valence electrons. The summed E-state index contributed by atoms with van der Waals surface area (Å²) in [7, 11) is 0. The van der Waals surface area contributed by atoms with Crippen LogP contribution in [-0.2, 0) is 14.4 Å². The van der Waals surface area contributed by atoms with Gasteiger partial charge in [0.1, 0.15) is 5.54 Å². The Labute approximate surface area is 150 Å². The van der Waals surface area contributed by atoms with E-state index in [0.717, 1.165) is 4.90 Å². The van der Waals surface area contributed by atoms with Crippen LogP contribution in [0.5, 0.6) is 0 Å². The van der Waals surface area contributed by atoms with Crippen molar-refractivity contribution in [2.75, 3.05) is 18.0 Å². The lowest BCUT2D eigenvalue weighted by Gasteiger charge is -2.31. The van der Waals surface area contributed by atoms with Gasteiger partial charge in [-0.25, -0.2) is 4.90 Å². The molecule has 3 rings (SSSR count). The molecule has 0 saturated carbocycles. The van der Waals surface area contributed by atoms with Crippen molar-refractivity contribution in [1.82, 2.24) is 5.32 Å². The molecule has 2 saturated heterocycles. The van der Waals surface area contributed by atoms with E-state index >= 15 is 0 Å². The molecule has 1 aromatic carbocycles. The first-order valence-electron chi connectivity index (χ1n) is 8.41. The normalized spacial score (nSPS) is 27.5. The van der Waals surface area contributed by atoms with Crippen LogP contribution >= 0.6 is 0 Å². The Bertz CT molecular complexity index is 761. The molecular formula is C17H22N6O3. The number of para-hydroxylation sites is 1. The summed E-state index contributed by atoms with van der Waals surface area (Å²) in [6.45, 7) is 0.533. The fourth-order valence-electron chi connectivity index (χ4n) is 3.89. The zero-order valence-electron chi connectivity index (χ0n) is 14.2. The molecule has 0 aliphatic carbocycles. The number of carbonyl (C=O) groups is 3. The molecule has 26 heavy (non-hydrogen) atoms. The Hall–Kier alpha value is -2.94. The van der Waals surface area contributed by atoms with Crippen molar-refractivity contribution in [1.29, 1.82) is 0 Å². The first kappa shape index (κ1) is 17.9. The molecule has 1 aromatic rings. The van der Waals surface area contributed by atoms with Crippen LogP contribution in [-0.4, -0.2) is 42.3 Å². The monoisotopic (exact) mass is 358 g/mol. The number of aliphatic imine (C=N–C) groups is 1. The molecule has 7 N–H and O–H groups in total. The number of guanidine groups is 1. The average molecular weight is 358 g/mol. The number of nitrogens with two attached hydrogens (primary N) is 3. The molecule has 0 aromatic heterocycles. The van der Waals surface area contributed by atoms with Crippen LogP contribution in [0.15, 0.2) is 35.3 Å². The van der Waals surface area contributed by atoms with Crippen LogP contribution in [0.1, 0.15) is 12.8 Å². The second-order valence-corrected chi connectivity index (χ2v) is 6.56. The number of anilines is 1. The van der Waals surface area contributed by atoms with Gasteiger partial charge in [0.05, 0.1) is 17.5 Å². The second-order valence-electron chi connectivity index (χ2n) is 6.56. The highest BCUT2D eigenvalue weighted by Gasteiger charge is 2.63. The molecule has 3 atom stereocenters. The number of nitrogens with one attached hydrogen (secondary N) is 1. The van der Waals surface area contributed by atoms with Crippen LogP contribution in [0.25, 0.3) is 0 Å². The first-order valence-corrected chi connectivity index (χ1v) is 8.41. The van der Waals surface area contributed by atoms with Crippen molar-refractivity contribution in [3.8, 4) is 0 Å². The molecule has 0 spiro atoms. The summed E-state index contributed by atoms with van der Waals surface area (Å²) in [5.74, 6) is -2.85. The van der Waals surface area contributed by atoms with E-state index in [0.29, 0.717) is 18.7 Å². The van der Waals surface area contributed by atoms with E-state index in [-0.39, 0.29) is 24.8 Å². The number of carbonyl (C=O) groups excluding carboxylic acids is 3. The van der Waals surface area contributed by atoms with Crippen LogP contribution in [0, 0.1) is 11.8 Å². The number of amides is 3. The molecular weight excluding hydrogens is 336 g/mol. The topological polar surface area (TPSA) is 157 Å². The number of hydrogen-bond acceptors (Lipinski definition) is 5. The molecule has 9 nitrogen and oxygen atoms in total. The van der Waals surface area contributed by atoms with Crippen LogP contribution < -0.4 is 27.4 Å². The van der Waals surface area contributed by atoms with Gasteiger partial charge in [0.2, 0.25) is 17.7 Å². The van der Waals surface area contributed by atoms with Gasteiger partial charge in [0.25, 0.3) is 0 Å². The third-order valence-corrected chi connectivity index (χ3v) is 5.07. The largest absolute Gasteiger partial charge is 0.370 e. The minimum Gasteiger partial charge on any atom is -0.370 e. The van der Waals surface area contributed by atoms with Gasteiger partial charge in [-0.05, 0) is 25.0 Å². The van der Waals surface area contributed by atoms with Gasteiger partial charge < -0.3 is 22.5 Å². The fourth-order valence-corrected chi connectivity index (χ4v) is 3.89. The van der Waals surface area contributed by atoms with E-state index in [1.807, 2.05) is 0 Å². The average Bonchev–Trinajstić information content (AvgIpc) is 3.11. The number of nitrogens with zero attached hydrogens (tertiary/aromatic N) is 2. The Morgan fingerprint density at radius 2 is 1.88 bits per heavy atom. The maximum Gasteiger partial charge on any atom is 0.240 e. The van der Waals surface area contributed by atoms with E-state index in [4.69, 9.17) is 17.2 Å². The molecule has 0 bridgehead atoms. The summed E-state index contributed by atoms with van der Waals surface area (Å²) in [6.07, 6.45) is 0.714. The highest BCUT2D eigenvalue weighted by atomic mass is 16.2. The highest BCUT2D eigenvalue weighted by Crippen LogP contribution is 2.43. The summed E-state index contributed by atoms with van der Waals surface area (Å²) in [5.41, 5.74) is 15.5. The first-order chi connectivity index (χ1) is 12.4. The van der Waals surface area contributed by atoms with E-state index in [9.17, 15) is 14.4 Å². The van der Waals surface area contributed by atoms with Crippen molar-refractivity contribution in [2.45, 2.75) is 18.4 Å². The van der Waals surface area contributed by atoms with Gasteiger partial charge in [-0.1, -0.05) is 18.2 Å². The van der Waals surface area contributed by atoms with E-state index < -0.39 is 29.2 Å². The van der Waals surface area contributed by atoms with Crippen molar-refractivity contribution >= 4 is 29.4 Å². The summed E-state index contributed by atoms with van der Waals surface area (Å²) in [5, 5.41) is 3.04. The molecule has 9 heteroatoms. The van der Waals surface area contributed by atoms with Crippen LogP contribution in [0.2, 0.25) is 0 Å². The maximum atomic E-state index is 13.0. The molecule has 3 amide bonds. The zero-order chi connectivity index (χ0) is 18.9. The number of rotatable bonds is 6. The summed E-state index contributed by atoms with van der Waals surface area (Å²) in [4.78, 5) is 43.2. The smallest absolute Gasteiger partial charge is 0.240 e. The minimum absolute atomic E-state index is 0.0437. The predicted molar refractivity (Wildman–Crippen MR) is 95.8 cm³/mol. The van der Waals surface area contributed by atoms with E-state index in [2.05, 4.69) is 10.3 Å². The summed E-state index contributed by atoms with van der Waals surface area (Å²) in [6, 6.07) is 8.68. The minimum atomic E-state index is -1.28. The molecule has 3 unspecified atom stereocenters. The van der Waals surface area contributed by atoms with Crippen molar-refractivity contribution in [3.63, 3.8) is 0 Å². The lowest BCUT2D eigenvalue weighted by Crippen LogP contribution is -2.58. The SMILES string of the molecule is NC(=O)C1(CCCN=C(N)N)NCC2C(=O)N(c3ccccc3)C(=O)C21. The Kier molecular flexibility index (Phi) is 4.64.